The topological polar surface area (TPSA) is 96.0 Å². The Kier molecular flexibility index (Phi) is 6.71. The zero-order valence-electron chi connectivity index (χ0n) is 15.0. The van der Waals surface area contributed by atoms with Crippen molar-refractivity contribution >= 4 is 29.8 Å². The van der Waals surface area contributed by atoms with Crippen molar-refractivity contribution in [2.24, 2.45) is 0 Å². The van der Waals surface area contributed by atoms with Crippen molar-refractivity contribution < 1.29 is 23.9 Å². The number of unbranched alkanes of at least 4 members (excludes halogenated alkanes) is 2. The number of amides is 4. The van der Waals surface area contributed by atoms with E-state index in [4.69, 9.17) is 4.74 Å². The fourth-order valence-electron chi connectivity index (χ4n) is 2.73. The van der Waals surface area contributed by atoms with Crippen LogP contribution in [0.15, 0.2) is 18.2 Å². The van der Waals surface area contributed by atoms with Gasteiger partial charge in [-0.05, 0) is 31.0 Å². The van der Waals surface area contributed by atoms with Crippen LogP contribution < -0.4 is 15.0 Å². The van der Waals surface area contributed by atoms with Crippen LogP contribution in [0.25, 0.3) is 0 Å². The highest BCUT2D eigenvalue weighted by Gasteiger charge is 2.27. The van der Waals surface area contributed by atoms with Crippen LogP contribution in [0.5, 0.6) is 5.75 Å². The number of benzene rings is 1. The molecule has 1 aliphatic heterocycles. The number of rotatable bonds is 8. The lowest BCUT2D eigenvalue weighted by Crippen LogP contribution is -2.49. The van der Waals surface area contributed by atoms with Gasteiger partial charge in [-0.25, -0.2) is 4.79 Å². The van der Waals surface area contributed by atoms with Gasteiger partial charge in [0.2, 0.25) is 5.91 Å². The molecular formula is C18H23N3O5. The molecule has 26 heavy (non-hydrogen) atoms. The summed E-state index contributed by atoms with van der Waals surface area (Å²) in [5.74, 6) is -0.0688. The molecule has 1 aromatic carbocycles. The van der Waals surface area contributed by atoms with Crippen LogP contribution in [0.4, 0.5) is 10.5 Å². The van der Waals surface area contributed by atoms with Gasteiger partial charge in [-0.1, -0.05) is 0 Å². The molecule has 2 rings (SSSR count). The van der Waals surface area contributed by atoms with Crippen LogP contribution in [-0.2, 0) is 9.59 Å². The molecule has 0 bridgehead atoms. The Hall–Kier alpha value is -2.90. The van der Waals surface area contributed by atoms with Gasteiger partial charge in [0.25, 0.3) is 5.91 Å². The minimum atomic E-state index is -0.536. The minimum absolute atomic E-state index is 0.184. The predicted molar refractivity (Wildman–Crippen MR) is 95.4 cm³/mol. The Bertz CT molecular complexity index is 704. The van der Waals surface area contributed by atoms with Gasteiger partial charge in [0.05, 0.1) is 12.8 Å². The summed E-state index contributed by atoms with van der Waals surface area (Å²) in [6.45, 7) is 0.757. The van der Waals surface area contributed by atoms with E-state index in [0.717, 1.165) is 19.1 Å². The Labute approximate surface area is 152 Å². The van der Waals surface area contributed by atoms with Crippen LogP contribution >= 0.6 is 0 Å². The summed E-state index contributed by atoms with van der Waals surface area (Å²) in [6.07, 6.45) is 3.00. The molecule has 4 amide bonds. The highest BCUT2D eigenvalue weighted by atomic mass is 16.5. The SMILES string of the molecule is COc1ccc(C(=O)N(C)CCCCC=O)cc1N1CCC(=O)NC1=O. The smallest absolute Gasteiger partial charge is 0.328 e. The molecule has 1 saturated heterocycles. The second-order valence-electron chi connectivity index (χ2n) is 6.03. The number of nitrogens with zero attached hydrogens (tertiary/aromatic N) is 2. The quantitative estimate of drug-likeness (QED) is 0.560. The van der Waals surface area contributed by atoms with Gasteiger partial charge < -0.3 is 14.4 Å². The van der Waals surface area contributed by atoms with E-state index in [1.807, 2.05) is 0 Å². The molecular weight excluding hydrogens is 338 g/mol. The van der Waals surface area contributed by atoms with Crippen LogP contribution in [0.1, 0.15) is 36.0 Å². The number of anilines is 1. The van der Waals surface area contributed by atoms with E-state index in [1.54, 1.807) is 30.1 Å². The number of ether oxygens (including phenoxy) is 1. The molecule has 8 nitrogen and oxygen atoms in total. The van der Waals surface area contributed by atoms with Gasteiger partial charge >= 0.3 is 6.03 Å². The number of urea groups is 1. The standard InChI is InChI=1S/C18H23N3O5/c1-20(9-4-3-5-11-22)17(24)13-6-7-15(26-2)14(12-13)21-10-8-16(23)19-18(21)25/h6-7,11-12H,3-5,8-10H2,1-2H3,(H,19,23,25). The van der Waals surface area contributed by atoms with Crippen LogP contribution in [0.3, 0.4) is 0 Å². The van der Waals surface area contributed by atoms with E-state index < -0.39 is 6.03 Å². The molecule has 1 fully saturated rings. The number of nitrogens with one attached hydrogen (secondary N) is 1. The first-order valence-electron chi connectivity index (χ1n) is 8.46. The van der Waals surface area contributed by atoms with Crippen molar-refractivity contribution in [2.75, 3.05) is 32.1 Å². The molecule has 0 unspecified atom stereocenters. The summed E-state index contributed by atoms with van der Waals surface area (Å²) in [6, 6.07) is 4.33. The monoisotopic (exact) mass is 361 g/mol. The van der Waals surface area contributed by atoms with Crippen LogP contribution in [-0.4, -0.2) is 56.3 Å². The Morgan fingerprint density at radius 1 is 1.35 bits per heavy atom. The number of aldehydes is 1. The van der Waals surface area contributed by atoms with Gasteiger partial charge in [-0.15, -0.1) is 0 Å². The first kappa shape index (κ1) is 19.4. The molecule has 0 saturated carbocycles. The Morgan fingerprint density at radius 2 is 2.12 bits per heavy atom. The number of hydrogen-bond acceptors (Lipinski definition) is 5. The summed E-state index contributed by atoms with van der Waals surface area (Å²) in [5.41, 5.74) is 0.862. The van der Waals surface area contributed by atoms with E-state index in [0.29, 0.717) is 30.0 Å². The fraction of sp³-hybridized carbons (Fsp3) is 0.444. The zero-order valence-corrected chi connectivity index (χ0v) is 15.0. The molecule has 8 heteroatoms. The maximum Gasteiger partial charge on any atom is 0.328 e. The molecule has 140 valence electrons. The number of carbonyl (C=O) groups excluding carboxylic acids is 4. The van der Waals surface area contributed by atoms with Gasteiger partial charge in [-0.3, -0.25) is 19.8 Å². The second-order valence-corrected chi connectivity index (χ2v) is 6.03. The third-order valence-corrected chi connectivity index (χ3v) is 4.18. The normalized spacial score (nSPS) is 14.0. The third-order valence-electron chi connectivity index (χ3n) is 4.18. The van der Waals surface area contributed by atoms with Gasteiger partial charge in [0, 0.05) is 38.5 Å². The molecule has 0 radical (unpaired) electrons. The second kappa shape index (κ2) is 8.98. The van der Waals surface area contributed by atoms with Gasteiger partial charge in [0.1, 0.15) is 12.0 Å². The van der Waals surface area contributed by atoms with E-state index in [9.17, 15) is 19.2 Å². The van der Waals surface area contributed by atoms with Crippen molar-refractivity contribution in [3.05, 3.63) is 23.8 Å². The van der Waals surface area contributed by atoms with E-state index in [2.05, 4.69) is 5.32 Å². The summed E-state index contributed by atoms with van der Waals surface area (Å²) < 4.78 is 5.30. The highest BCUT2D eigenvalue weighted by Crippen LogP contribution is 2.31. The molecule has 1 heterocycles. The van der Waals surface area contributed by atoms with Gasteiger partial charge in [-0.2, -0.15) is 0 Å². The fourth-order valence-corrected chi connectivity index (χ4v) is 2.73. The lowest BCUT2D eigenvalue weighted by atomic mass is 10.1. The highest BCUT2D eigenvalue weighted by molar-refractivity contribution is 6.07. The third kappa shape index (κ3) is 4.59. The summed E-state index contributed by atoms with van der Waals surface area (Å²) in [7, 11) is 3.17. The zero-order chi connectivity index (χ0) is 19.1. The maximum absolute atomic E-state index is 12.6. The molecule has 0 aromatic heterocycles. The largest absolute Gasteiger partial charge is 0.495 e. The lowest BCUT2D eigenvalue weighted by Gasteiger charge is -2.28. The van der Waals surface area contributed by atoms with Crippen LogP contribution in [0.2, 0.25) is 0 Å². The molecule has 1 N–H and O–H groups in total. The number of imide groups is 1. The van der Waals surface area contributed by atoms with Crippen molar-refractivity contribution in [3.8, 4) is 5.75 Å². The Morgan fingerprint density at radius 3 is 2.77 bits per heavy atom. The average molecular weight is 361 g/mol. The summed E-state index contributed by atoms with van der Waals surface area (Å²) in [4.78, 5) is 49.4. The van der Waals surface area contributed by atoms with Crippen molar-refractivity contribution in [1.29, 1.82) is 0 Å². The maximum atomic E-state index is 12.6. The minimum Gasteiger partial charge on any atom is -0.495 e. The Balaban J connectivity index is 2.17. The molecule has 0 spiro atoms. The molecule has 1 aliphatic rings. The molecule has 0 atom stereocenters. The first-order chi connectivity index (χ1) is 12.5. The van der Waals surface area contributed by atoms with Crippen molar-refractivity contribution in [1.82, 2.24) is 10.2 Å². The van der Waals surface area contributed by atoms with E-state index in [1.165, 1.54) is 12.0 Å². The van der Waals surface area contributed by atoms with E-state index in [-0.39, 0.29) is 24.8 Å². The summed E-state index contributed by atoms with van der Waals surface area (Å²) >= 11 is 0. The predicted octanol–water partition coefficient (Wildman–Crippen LogP) is 1.58. The molecule has 1 aromatic rings. The van der Waals surface area contributed by atoms with E-state index >= 15 is 0 Å². The number of methoxy groups -OCH3 is 1. The van der Waals surface area contributed by atoms with Gasteiger partial charge in [0.15, 0.2) is 0 Å². The summed E-state index contributed by atoms with van der Waals surface area (Å²) in [5, 5.41) is 2.26. The number of hydrogen-bond donors (Lipinski definition) is 1. The van der Waals surface area contributed by atoms with Crippen LogP contribution in [0, 0.1) is 0 Å². The van der Waals surface area contributed by atoms with Crippen molar-refractivity contribution in [3.63, 3.8) is 0 Å². The number of carbonyl (C=O) groups is 4. The van der Waals surface area contributed by atoms with Crippen molar-refractivity contribution in [2.45, 2.75) is 25.7 Å². The molecule has 0 aliphatic carbocycles. The first-order valence-corrected chi connectivity index (χ1v) is 8.46. The lowest BCUT2D eigenvalue weighted by molar-refractivity contribution is -0.120. The average Bonchev–Trinajstić information content (AvgIpc) is 2.64.